The van der Waals surface area contributed by atoms with E-state index in [1.165, 1.54) is 5.52 Å². The van der Waals surface area contributed by atoms with Crippen LogP contribution in [-0.4, -0.2) is 24.4 Å². The van der Waals surface area contributed by atoms with Gasteiger partial charge >= 0.3 is 0 Å². The van der Waals surface area contributed by atoms with Crippen LogP contribution >= 0.6 is 12.2 Å². The summed E-state index contributed by atoms with van der Waals surface area (Å²) in [6.07, 6.45) is 5.31. The molecule has 2 heterocycles. The minimum Gasteiger partial charge on any atom is -0.507 e. The number of hydrogen-bond acceptors (Lipinski definition) is 3. The van der Waals surface area contributed by atoms with Crippen molar-refractivity contribution < 1.29 is 5.11 Å². The van der Waals surface area contributed by atoms with Gasteiger partial charge < -0.3 is 9.67 Å². The zero-order valence-corrected chi connectivity index (χ0v) is 17.0. The average Bonchev–Trinajstić information content (AvgIpc) is 3.30. The lowest BCUT2D eigenvalue weighted by Crippen LogP contribution is -2.00. The molecule has 0 amide bonds. The Morgan fingerprint density at radius 1 is 1.14 bits per heavy atom. The van der Waals surface area contributed by atoms with Crippen LogP contribution in [-0.2, 0) is 13.0 Å². The molecule has 0 aliphatic rings. The summed E-state index contributed by atoms with van der Waals surface area (Å²) in [5.41, 5.74) is 3.95. The van der Waals surface area contributed by atoms with E-state index in [0.717, 1.165) is 42.4 Å². The van der Waals surface area contributed by atoms with Gasteiger partial charge in [-0.15, -0.1) is 0 Å². The second kappa shape index (κ2) is 7.64. The van der Waals surface area contributed by atoms with Crippen molar-refractivity contribution in [3.05, 3.63) is 59.0 Å². The van der Waals surface area contributed by atoms with Crippen LogP contribution in [0.1, 0.15) is 32.3 Å². The van der Waals surface area contributed by atoms with Crippen molar-refractivity contribution in [2.45, 2.75) is 39.7 Å². The lowest BCUT2D eigenvalue weighted by molar-refractivity contribution is 0.476. The largest absolute Gasteiger partial charge is 0.507 e. The summed E-state index contributed by atoms with van der Waals surface area (Å²) in [6, 6.07) is 14.0. The van der Waals surface area contributed by atoms with Crippen molar-refractivity contribution in [1.29, 1.82) is 0 Å². The molecule has 4 rings (SSSR count). The lowest BCUT2D eigenvalue weighted by Gasteiger charge is -2.11. The summed E-state index contributed by atoms with van der Waals surface area (Å²) in [5.74, 6) is 0.812. The minimum atomic E-state index is 0.195. The van der Waals surface area contributed by atoms with E-state index < -0.39 is 0 Å². The van der Waals surface area contributed by atoms with Gasteiger partial charge in [-0.2, -0.15) is 5.10 Å². The summed E-state index contributed by atoms with van der Waals surface area (Å²) in [6.45, 7) is 5.28. The number of aromatic amines is 1. The third kappa shape index (κ3) is 3.14. The third-order valence-corrected chi connectivity index (χ3v) is 5.44. The topological polar surface area (TPSA) is 58.8 Å². The van der Waals surface area contributed by atoms with Gasteiger partial charge in [0.1, 0.15) is 5.75 Å². The Bertz CT molecular complexity index is 1180. The fraction of sp³-hybridized carbons (Fsp3) is 0.273. The molecule has 0 saturated heterocycles. The van der Waals surface area contributed by atoms with Gasteiger partial charge in [0, 0.05) is 18.1 Å². The molecule has 0 fully saturated rings. The molecule has 2 aromatic carbocycles. The normalized spacial score (nSPS) is 11.4. The molecule has 0 aliphatic carbocycles. The van der Waals surface area contributed by atoms with Gasteiger partial charge in [-0.05, 0) is 61.0 Å². The monoisotopic (exact) mass is 392 g/mol. The number of nitrogens with one attached hydrogen (secondary N) is 1. The van der Waals surface area contributed by atoms with E-state index in [1.807, 2.05) is 28.8 Å². The van der Waals surface area contributed by atoms with Crippen LogP contribution < -0.4 is 0 Å². The van der Waals surface area contributed by atoms with Gasteiger partial charge in [0.05, 0.1) is 16.8 Å². The van der Waals surface area contributed by atoms with Crippen molar-refractivity contribution in [3.63, 3.8) is 0 Å². The highest BCUT2D eigenvalue weighted by molar-refractivity contribution is 7.71. The maximum atomic E-state index is 10.5. The number of hydrogen-bond donors (Lipinski definition) is 2. The summed E-state index contributed by atoms with van der Waals surface area (Å²) >= 11 is 5.56. The molecule has 0 radical (unpaired) electrons. The molecule has 2 N–H and O–H groups in total. The highest BCUT2D eigenvalue weighted by atomic mass is 32.1. The molecule has 6 heteroatoms. The number of fused-ring (bicyclic) bond motifs is 1. The molecular weight excluding hydrogens is 368 g/mol. The summed E-state index contributed by atoms with van der Waals surface area (Å²) in [5, 5.41) is 18.9. The first-order chi connectivity index (χ1) is 13.6. The van der Waals surface area contributed by atoms with Gasteiger partial charge in [0.15, 0.2) is 10.6 Å². The number of phenolic OH excluding ortho intramolecular Hbond substituents is 1. The SMILES string of the molecule is CCCCn1ccc2c(-n3c(-c4cc(CC)ccc4O)n[nH]c3=S)cccc21. The molecular formula is C22H24N4OS. The number of nitrogens with zero attached hydrogens (tertiary/aromatic N) is 3. The highest BCUT2D eigenvalue weighted by Crippen LogP contribution is 2.33. The van der Waals surface area contributed by atoms with E-state index in [1.54, 1.807) is 6.07 Å². The summed E-state index contributed by atoms with van der Waals surface area (Å²) in [7, 11) is 0. The van der Waals surface area contributed by atoms with E-state index in [9.17, 15) is 5.11 Å². The quantitative estimate of drug-likeness (QED) is 0.419. The van der Waals surface area contributed by atoms with Crippen molar-refractivity contribution >= 4 is 23.1 Å². The Balaban J connectivity index is 1.92. The molecule has 0 aliphatic heterocycles. The maximum absolute atomic E-state index is 10.5. The van der Waals surface area contributed by atoms with E-state index >= 15 is 0 Å². The van der Waals surface area contributed by atoms with Crippen molar-refractivity contribution in [3.8, 4) is 22.8 Å². The number of aromatic nitrogens is 4. The summed E-state index contributed by atoms with van der Waals surface area (Å²) < 4.78 is 4.70. The maximum Gasteiger partial charge on any atom is 0.200 e. The van der Waals surface area contributed by atoms with Gasteiger partial charge in [-0.1, -0.05) is 32.4 Å². The Morgan fingerprint density at radius 3 is 2.79 bits per heavy atom. The average molecular weight is 393 g/mol. The second-order valence-electron chi connectivity index (χ2n) is 6.97. The van der Waals surface area contributed by atoms with Crippen LogP contribution in [0.15, 0.2) is 48.7 Å². The van der Waals surface area contributed by atoms with Crippen molar-refractivity contribution in [2.24, 2.45) is 0 Å². The van der Waals surface area contributed by atoms with E-state index in [4.69, 9.17) is 12.2 Å². The molecule has 0 atom stereocenters. The fourth-order valence-corrected chi connectivity index (χ4v) is 3.84. The highest BCUT2D eigenvalue weighted by Gasteiger charge is 2.17. The first-order valence-corrected chi connectivity index (χ1v) is 10.1. The lowest BCUT2D eigenvalue weighted by atomic mass is 10.1. The smallest absolute Gasteiger partial charge is 0.200 e. The van der Waals surface area contributed by atoms with Gasteiger partial charge in [0.2, 0.25) is 0 Å². The number of H-pyrrole nitrogens is 1. The van der Waals surface area contributed by atoms with Crippen LogP contribution in [0.2, 0.25) is 0 Å². The minimum absolute atomic E-state index is 0.195. The first kappa shape index (κ1) is 18.5. The number of unbranched alkanes of at least 4 members (excludes halogenated alkanes) is 1. The molecule has 0 unspecified atom stereocenters. The zero-order valence-electron chi connectivity index (χ0n) is 16.1. The van der Waals surface area contributed by atoms with Gasteiger partial charge in [-0.3, -0.25) is 9.67 Å². The molecule has 0 bridgehead atoms. The molecule has 144 valence electrons. The van der Waals surface area contributed by atoms with Crippen LogP contribution in [0.5, 0.6) is 5.75 Å². The number of aromatic hydroxyl groups is 1. The fourth-order valence-electron chi connectivity index (χ4n) is 3.61. The number of rotatable bonds is 6. The van der Waals surface area contributed by atoms with E-state index in [-0.39, 0.29) is 5.75 Å². The zero-order chi connectivity index (χ0) is 19.7. The molecule has 5 nitrogen and oxygen atoms in total. The number of aryl methyl sites for hydroxylation is 2. The van der Waals surface area contributed by atoms with E-state index in [0.29, 0.717) is 16.2 Å². The first-order valence-electron chi connectivity index (χ1n) is 9.72. The van der Waals surface area contributed by atoms with Gasteiger partial charge in [0.25, 0.3) is 0 Å². The van der Waals surface area contributed by atoms with Crippen LogP contribution in [0.4, 0.5) is 0 Å². The van der Waals surface area contributed by atoms with Crippen LogP contribution in [0.25, 0.3) is 28.0 Å². The number of phenols is 1. The predicted molar refractivity (Wildman–Crippen MR) is 116 cm³/mol. The molecule has 4 aromatic rings. The Labute approximate surface area is 169 Å². The summed E-state index contributed by atoms with van der Waals surface area (Å²) in [4.78, 5) is 0. The standard InChI is InChI=1S/C22H24N4OS/c1-3-5-12-25-13-11-16-18(25)7-6-8-19(16)26-21(23-24-22(26)28)17-14-15(4-2)9-10-20(17)27/h6-11,13-14,27H,3-5,12H2,1-2H3,(H,24,28). The Hall–Kier alpha value is -2.86. The van der Waals surface area contributed by atoms with Crippen LogP contribution in [0.3, 0.4) is 0 Å². The van der Waals surface area contributed by atoms with Crippen molar-refractivity contribution in [1.82, 2.24) is 19.3 Å². The third-order valence-electron chi connectivity index (χ3n) is 5.17. The molecule has 28 heavy (non-hydrogen) atoms. The molecule has 0 spiro atoms. The van der Waals surface area contributed by atoms with Gasteiger partial charge in [-0.25, -0.2) is 0 Å². The Morgan fingerprint density at radius 2 is 2.00 bits per heavy atom. The van der Waals surface area contributed by atoms with Crippen LogP contribution in [0, 0.1) is 4.77 Å². The Kier molecular flexibility index (Phi) is 5.05. The number of benzene rings is 2. The van der Waals surface area contributed by atoms with Crippen molar-refractivity contribution in [2.75, 3.05) is 0 Å². The van der Waals surface area contributed by atoms with E-state index in [2.05, 4.69) is 46.9 Å². The second-order valence-corrected chi connectivity index (χ2v) is 7.35. The molecule has 2 aromatic heterocycles. The predicted octanol–water partition coefficient (Wildman–Crippen LogP) is 5.62. The molecule has 0 saturated carbocycles.